The summed E-state index contributed by atoms with van der Waals surface area (Å²) in [6, 6.07) is 2.53. The van der Waals surface area contributed by atoms with Gasteiger partial charge >= 0.3 is 6.03 Å². The van der Waals surface area contributed by atoms with Crippen molar-refractivity contribution in [3.8, 4) is 11.5 Å². The molecule has 22 heavy (non-hydrogen) atoms. The minimum absolute atomic E-state index is 0.225. The largest absolute Gasteiger partial charge is 0.493 e. The summed E-state index contributed by atoms with van der Waals surface area (Å²) in [5.41, 5.74) is 0.225. The molecule has 1 aliphatic rings. The van der Waals surface area contributed by atoms with E-state index in [-0.39, 0.29) is 11.7 Å². The minimum atomic E-state index is -0.491. The first-order valence-electron chi connectivity index (χ1n) is 7.73. The summed E-state index contributed by atoms with van der Waals surface area (Å²) in [5, 5.41) is 2.71. The number of amides is 2. The number of nitrogens with zero attached hydrogens (tertiary/aromatic N) is 1. The van der Waals surface area contributed by atoms with E-state index in [1.807, 2.05) is 0 Å². The molecule has 1 saturated heterocycles. The van der Waals surface area contributed by atoms with Crippen LogP contribution in [0.5, 0.6) is 11.5 Å². The van der Waals surface area contributed by atoms with Crippen molar-refractivity contribution >= 4 is 11.7 Å². The summed E-state index contributed by atoms with van der Waals surface area (Å²) in [4.78, 5) is 13.3. The normalized spacial score (nSPS) is 14.7. The summed E-state index contributed by atoms with van der Waals surface area (Å²) >= 11 is 0. The minimum Gasteiger partial charge on any atom is -0.493 e. The van der Waals surface area contributed by atoms with E-state index in [4.69, 9.17) is 9.47 Å². The van der Waals surface area contributed by atoms with Gasteiger partial charge in [0.1, 0.15) is 0 Å². The Kier molecular flexibility index (Phi) is 5.86. The number of ether oxygens (including phenoxy) is 2. The van der Waals surface area contributed by atoms with Crippen molar-refractivity contribution < 1.29 is 18.7 Å². The fourth-order valence-electron chi connectivity index (χ4n) is 2.40. The molecule has 1 fully saturated rings. The number of benzene rings is 1. The Morgan fingerprint density at radius 2 is 2.14 bits per heavy atom. The van der Waals surface area contributed by atoms with Gasteiger partial charge in [-0.15, -0.1) is 0 Å². The highest BCUT2D eigenvalue weighted by Crippen LogP contribution is 2.35. The third kappa shape index (κ3) is 3.81. The second-order valence-electron chi connectivity index (χ2n) is 5.25. The van der Waals surface area contributed by atoms with Crippen LogP contribution in [0.4, 0.5) is 14.9 Å². The number of anilines is 1. The monoisotopic (exact) mass is 310 g/mol. The second-order valence-corrected chi connectivity index (χ2v) is 5.25. The van der Waals surface area contributed by atoms with Gasteiger partial charge in [0.25, 0.3) is 0 Å². The van der Waals surface area contributed by atoms with E-state index in [0.29, 0.717) is 31.2 Å². The Morgan fingerprint density at radius 1 is 1.32 bits per heavy atom. The van der Waals surface area contributed by atoms with Gasteiger partial charge in [-0.05, 0) is 12.8 Å². The maximum atomic E-state index is 14.3. The predicted octanol–water partition coefficient (Wildman–Crippen LogP) is 3.32. The van der Waals surface area contributed by atoms with E-state index in [0.717, 1.165) is 25.7 Å². The molecule has 1 aliphatic heterocycles. The number of unbranched alkanes of at least 4 members (excludes halogenated alkanes) is 2. The summed E-state index contributed by atoms with van der Waals surface area (Å²) in [6.45, 7) is 3.77. The lowest BCUT2D eigenvalue weighted by Crippen LogP contribution is -2.46. The van der Waals surface area contributed by atoms with Gasteiger partial charge in [0.2, 0.25) is 0 Å². The molecule has 6 heteroatoms. The Bertz CT molecular complexity index is 522. The first-order valence-corrected chi connectivity index (χ1v) is 7.73. The van der Waals surface area contributed by atoms with Crippen molar-refractivity contribution in [1.82, 2.24) is 5.32 Å². The number of hydrogen-bond acceptors (Lipinski definition) is 3. The number of hydrogen-bond donors (Lipinski definition) is 1. The van der Waals surface area contributed by atoms with Crippen molar-refractivity contribution in [2.24, 2.45) is 0 Å². The van der Waals surface area contributed by atoms with Crippen molar-refractivity contribution in [2.75, 3.05) is 31.7 Å². The van der Waals surface area contributed by atoms with Crippen LogP contribution in [0.15, 0.2) is 12.1 Å². The van der Waals surface area contributed by atoms with Gasteiger partial charge in [0.15, 0.2) is 17.3 Å². The Morgan fingerprint density at radius 3 is 2.82 bits per heavy atom. The van der Waals surface area contributed by atoms with Crippen molar-refractivity contribution in [3.63, 3.8) is 0 Å². The van der Waals surface area contributed by atoms with E-state index in [9.17, 15) is 9.18 Å². The molecule has 0 saturated carbocycles. The smallest absolute Gasteiger partial charge is 0.321 e. The van der Waals surface area contributed by atoms with E-state index < -0.39 is 5.82 Å². The standard InChI is InChI=1S/C16H23FN2O3/c1-3-4-5-9-22-15-11-13(12(17)10-14(15)21-2)19-8-6-7-18-16(19)20/h10-11H,3-9H2,1-2H3,(H,18,20). The van der Waals surface area contributed by atoms with E-state index >= 15 is 0 Å². The van der Waals surface area contributed by atoms with Gasteiger partial charge in [0, 0.05) is 25.2 Å². The number of methoxy groups -OCH3 is 1. The van der Waals surface area contributed by atoms with Crippen LogP contribution in [0.2, 0.25) is 0 Å². The van der Waals surface area contributed by atoms with Crippen LogP contribution in [-0.2, 0) is 0 Å². The van der Waals surface area contributed by atoms with Crippen LogP contribution < -0.4 is 19.7 Å². The van der Waals surface area contributed by atoms with E-state index in [2.05, 4.69) is 12.2 Å². The van der Waals surface area contributed by atoms with Crippen molar-refractivity contribution in [3.05, 3.63) is 17.9 Å². The molecule has 0 bridgehead atoms. The predicted molar refractivity (Wildman–Crippen MR) is 83.3 cm³/mol. The highest BCUT2D eigenvalue weighted by atomic mass is 19.1. The van der Waals surface area contributed by atoms with Gasteiger partial charge in [-0.2, -0.15) is 0 Å². The third-order valence-electron chi connectivity index (χ3n) is 3.61. The maximum absolute atomic E-state index is 14.3. The van der Waals surface area contributed by atoms with Gasteiger partial charge in [-0.25, -0.2) is 9.18 Å². The highest BCUT2D eigenvalue weighted by molar-refractivity contribution is 5.93. The molecule has 0 radical (unpaired) electrons. The van der Waals surface area contributed by atoms with Gasteiger partial charge < -0.3 is 14.8 Å². The second kappa shape index (κ2) is 7.87. The number of halogens is 1. The zero-order valence-electron chi connectivity index (χ0n) is 13.2. The molecule has 0 aromatic heterocycles. The molecule has 0 aliphatic carbocycles. The van der Waals surface area contributed by atoms with Crippen LogP contribution in [0.3, 0.4) is 0 Å². The van der Waals surface area contributed by atoms with Gasteiger partial charge in [0.05, 0.1) is 19.4 Å². The Labute approximate surface area is 130 Å². The van der Waals surface area contributed by atoms with Gasteiger partial charge in [-0.1, -0.05) is 19.8 Å². The molecule has 0 atom stereocenters. The Hall–Kier alpha value is -1.98. The maximum Gasteiger partial charge on any atom is 0.321 e. The van der Waals surface area contributed by atoms with Crippen LogP contribution in [0.1, 0.15) is 32.6 Å². The molecule has 1 aromatic rings. The first kappa shape index (κ1) is 16.4. The molecule has 2 rings (SSSR count). The molecular weight excluding hydrogens is 287 g/mol. The van der Waals surface area contributed by atoms with Gasteiger partial charge in [-0.3, -0.25) is 4.90 Å². The lowest BCUT2D eigenvalue weighted by atomic mass is 10.2. The fraction of sp³-hybridized carbons (Fsp3) is 0.562. The number of nitrogens with one attached hydrogen (secondary N) is 1. The van der Waals surface area contributed by atoms with E-state index in [1.165, 1.54) is 18.1 Å². The SMILES string of the molecule is CCCCCOc1cc(N2CCCNC2=O)c(F)cc1OC. The summed E-state index contributed by atoms with van der Waals surface area (Å²) < 4.78 is 25.1. The summed E-state index contributed by atoms with van der Waals surface area (Å²) in [6.07, 6.45) is 3.88. The zero-order valence-corrected chi connectivity index (χ0v) is 13.2. The molecule has 5 nitrogen and oxygen atoms in total. The topological polar surface area (TPSA) is 50.8 Å². The van der Waals surface area contributed by atoms with Crippen LogP contribution in [-0.4, -0.2) is 32.8 Å². The quantitative estimate of drug-likeness (QED) is 0.786. The molecule has 2 amide bonds. The van der Waals surface area contributed by atoms with Crippen LogP contribution in [0.25, 0.3) is 0 Å². The van der Waals surface area contributed by atoms with Crippen molar-refractivity contribution in [2.45, 2.75) is 32.6 Å². The molecule has 1 N–H and O–H groups in total. The molecular formula is C16H23FN2O3. The average Bonchev–Trinajstić information content (AvgIpc) is 2.53. The number of rotatable bonds is 7. The number of carbonyl (C=O) groups is 1. The molecule has 0 unspecified atom stereocenters. The molecule has 122 valence electrons. The Balaban J connectivity index is 2.20. The summed E-state index contributed by atoms with van der Waals surface area (Å²) in [7, 11) is 1.47. The lowest BCUT2D eigenvalue weighted by Gasteiger charge is -2.28. The zero-order chi connectivity index (χ0) is 15.9. The third-order valence-corrected chi connectivity index (χ3v) is 3.61. The average molecular weight is 310 g/mol. The highest BCUT2D eigenvalue weighted by Gasteiger charge is 2.24. The van der Waals surface area contributed by atoms with E-state index in [1.54, 1.807) is 6.07 Å². The fourth-order valence-corrected chi connectivity index (χ4v) is 2.40. The van der Waals surface area contributed by atoms with Crippen LogP contribution >= 0.6 is 0 Å². The number of urea groups is 1. The first-order chi connectivity index (χ1) is 10.7. The summed E-state index contributed by atoms with van der Waals surface area (Å²) in [5.74, 6) is 0.318. The van der Waals surface area contributed by atoms with Crippen LogP contribution in [0, 0.1) is 5.82 Å². The van der Waals surface area contributed by atoms with Crippen molar-refractivity contribution in [1.29, 1.82) is 0 Å². The number of carbonyl (C=O) groups excluding carboxylic acids is 1. The molecule has 0 spiro atoms. The lowest BCUT2D eigenvalue weighted by molar-refractivity contribution is 0.242. The molecule has 1 heterocycles. The molecule has 1 aromatic carbocycles.